The van der Waals surface area contributed by atoms with Crippen molar-refractivity contribution in [2.24, 2.45) is 0 Å². The van der Waals surface area contributed by atoms with Crippen LogP contribution < -0.4 is 5.32 Å². The first-order chi connectivity index (χ1) is 13.8. The molecule has 0 saturated carbocycles. The van der Waals surface area contributed by atoms with Gasteiger partial charge in [-0.05, 0) is 48.0 Å². The Morgan fingerprint density at radius 2 is 1.72 bits per heavy atom. The number of hydrogen-bond acceptors (Lipinski definition) is 3. The Labute approximate surface area is 161 Å². The summed E-state index contributed by atoms with van der Waals surface area (Å²) in [5, 5.41) is 9.72. The molecule has 0 aliphatic rings. The molecule has 4 rings (SSSR count). The number of nitrogens with zero attached hydrogens (tertiary/aromatic N) is 2. The normalized spacial score (nSPS) is 11.6. The van der Waals surface area contributed by atoms with Crippen molar-refractivity contribution in [3.63, 3.8) is 0 Å². The van der Waals surface area contributed by atoms with Crippen molar-refractivity contribution in [1.29, 1.82) is 0 Å². The number of nitrogens with one attached hydrogen (secondary N) is 2. The van der Waals surface area contributed by atoms with E-state index in [4.69, 9.17) is 0 Å². The molecule has 0 aliphatic heterocycles. The lowest BCUT2D eigenvalue weighted by Crippen LogP contribution is -2.13. The lowest BCUT2D eigenvalue weighted by molar-refractivity contribution is -0.137. The maximum absolute atomic E-state index is 13.4. The minimum Gasteiger partial charge on any atom is -0.321 e. The van der Waals surface area contributed by atoms with E-state index in [0.29, 0.717) is 22.0 Å². The minimum atomic E-state index is -4.46. The minimum absolute atomic E-state index is 0.0612. The second-order valence-electron chi connectivity index (χ2n) is 6.25. The summed E-state index contributed by atoms with van der Waals surface area (Å²) in [6.45, 7) is 0. The highest BCUT2D eigenvalue weighted by molar-refractivity contribution is 6.11. The number of aromatic amines is 1. The van der Waals surface area contributed by atoms with Gasteiger partial charge in [-0.1, -0.05) is 6.07 Å². The first-order valence-corrected chi connectivity index (χ1v) is 8.39. The summed E-state index contributed by atoms with van der Waals surface area (Å²) in [5.74, 6) is -1.08. The van der Waals surface area contributed by atoms with Crippen LogP contribution in [0.3, 0.4) is 0 Å². The Kier molecular flexibility index (Phi) is 4.50. The molecular weight excluding hydrogens is 388 g/mol. The van der Waals surface area contributed by atoms with Gasteiger partial charge >= 0.3 is 6.18 Å². The molecule has 2 heterocycles. The van der Waals surface area contributed by atoms with Gasteiger partial charge in [-0.2, -0.15) is 18.3 Å². The van der Waals surface area contributed by atoms with Gasteiger partial charge in [0.2, 0.25) is 0 Å². The van der Waals surface area contributed by atoms with E-state index in [0.717, 1.165) is 18.3 Å². The first kappa shape index (κ1) is 18.6. The topological polar surface area (TPSA) is 70.7 Å². The smallest absolute Gasteiger partial charge is 0.321 e. The zero-order valence-electron chi connectivity index (χ0n) is 14.6. The quantitative estimate of drug-likeness (QED) is 0.474. The van der Waals surface area contributed by atoms with Gasteiger partial charge in [0, 0.05) is 22.8 Å². The fourth-order valence-electron chi connectivity index (χ4n) is 2.87. The highest BCUT2D eigenvalue weighted by Gasteiger charge is 2.30. The molecule has 2 N–H and O–H groups in total. The summed E-state index contributed by atoms with van der Waals surface area (Å²) in [5.41, 5.74) is 1.19. The third-order valence-electron chi connectivity index (χ3n) is 4.29. The maximum Gasteiger partial charge on any atom is 0.416 e. The van der Waals surface area contributed by atoms with Gasteiger partial charge in [0.05, 0.1) is 17.3 Å². The number of benzene rings is 2. The van der Waals surface area contributed by atoms with Crippen LogP contribution in [0.4, 0.5) is 23.2 Å². The molecule has 4 aromatic rings. The van der Waals surface area contributed by atoms with Crippen LogP contribution in [0.5, 0.6) is 0 Å². The molecule has 146 valence electrons. The van der Waals surface area contributed by atoms with E-state index < -0.39 is 23.5 Å². The standard InChI is InChI=1S/C20H12F4N4O/c21-14-7-12(9-25-10-14)11-1-6-17-16(8-11)18(28-27-17)19(29)26-15-4-2-13(3-5-15)20(22,23)24/h1-10H,(H,26,29)(H,27,28). The van der Waals surface area contributed by atoms with Crippen LogP contribution in [0.15, 0.2) is 60.9 Å². The molecule has 0 radical (unpaired) electrons. The molecule has 0 aliphatic carbocycles. The van der Waals surface area contributed by atoms with Gasteiger partial charge < -0.3 is 5.32 Å². The third kappa shape index (κ3) is 3.79. The molecule has 2 aromatic carbocycles. The first-order valence-electron chi connectivity index (χ1n) is 8.39. The van der Waals surface area contributed by atoms with E-state index >= 15 is 0 Å². The highest BCUT2D eigenvalue weighted by atomic mass is 19.4. The van der Waals surface area contributed by atoms with Crippen molar-refractivity contribution >= 4 is 22.5 Å². The molecule has 0 atom stereocenters. The summed E-state index contributed by atoms with van der Waals surface area (Å²) in [7, 11) is 0. The second kappa shape index (κ2) is 7.01. The molecule has 0 bridgehead atoms. The number of aromatic nitrogens is 3. The van der Waals surface area contributed by atoms with Gasteiger partial charge in [0.1, 0.15) is 5.82 Å². The predicted molar refractivity (Wildman–Crippen MR) is 98.7 cm³/mol. The molecule has 0 saturated heterocycles. The van der Waals surface area contributed by atoms with Crippen molar-refractivity contribution in [2.45, 2.75) is 6.18 Å². The van der Waals surface area contributed by atoms with E-state index in [1.165, 1.54) is 24.4 Å². The van der Waals surface area contributed by atoms with Crippen LogP contribution in [0.1, 0.15) is 16.1 Å². The summed E-state index contributed by atoms with van der Waals surface area (Å²) >= 11 is 0. The third-order valence-corrected chi connectivity index (χ3v) is 4.29. The average molecular weight is 400 g/mol. The number of carbonyl (C=O) groups excluding carboxylic acids is 1. The number of anilines is 1. The Balaban J connectivity index is 1.63. The van der Waals surface area contributed by atoms with Gasteiger partial charge in [0.25, 0.3) is 5.91 Å². The van der Waals surface area contributed by atoms with Crippen LogP contribution in [0.2, 0.25) is 0 Å². The highest BCUT2D eigenvalue weighted by Crippen LogP contribution is 2.30. The average Bonchev–Trinajstić information content (AvgIpc) is 3.11. The molecule has 1 amide bonds. The Morgan fingerprint density at radius 1 is 0.966 bits per heavy atom. The fraction of sp³-hybridized carbons (Fsp3) is 0.0500. The second-order valence-corrected chi connectivity index (χ2v) is 6.25. The summed E-state index contributed by atoms with van der Waals surface area (Å²) in [6, 6.07) is 10.5. The van der Waals surface area contributed by atoms with E-state index in [2.05, 4.69) is 20.5 Å². The van der Waals surface area contributed by atoms with Crippen molar-refractivity contribution in [3.05, 3.63) is 78.0 Å². The van der Waals surface area contributed by atoms with E-state index in [1.807, 2.05) is 0 Å². The Morgan fingerprint density at radius 3 is 2.41 bits per heavy atom. The number of amides is 1. The molecule has 2 aromatic heterocycles. The zero-order valence-corrected chi connectivity index (χ0v) is 14.6. The predicted octanol–water partition coefficient (Wildman–Crippen LogP) is 5.04. The lowest BCUT2D eigenvalue weighted by atomic mass is 10.0. The molecule has 5 nitrogen and oxygen atoms in total. The van der Waals surface area contributed by atoms with Crippen molar-refractivity contribution in [2.75, 3.05) is 5.32 Å². The Bertz CT molecular complexity index is 1200. The number of hydrogen-bond donors (Lipinski definition) is 2. The van der Waals surface area contributed by atoms with E-state index in [-0.39, 0.29) is 11.4 Å². The van der Waals surface area contributed by atoms with Gasteiger partial charge in [0.15, 0.2) is 5.69 Å². The summed E-state index contributed by atoms with van der Waals surface area (Å²) < 4.78 is 51.4. The van der Waals surface area contributed by atoms with Gasteiger partial charge in [-0.25, -0.2) is 4.39 Å². The van der Waals surface area contributed by atoms with Crippen molar-refractivity contribution < 1.29 is 22.4 Å². The van der Waals surface area contributed by atoms with Crippen LogP contribution in [-0.2, 0) is 6.18 Å². The number of pyridine rings is 1. The maximum atomic E-state index is 13.4. The molecule has 0 fully saturated rings. The van der Waals surface area contributed by atoms with Crippen LogP contribution >= 0.6 is 0 Å². The molecule has 0 unspecified atom stereocenters. The lowest BCUT2D eigenvalue weighted by Gasteiger charge is -2.08. The van der Waals surface area contributed by atoms with Gasteiger partial charge in [-0.15, -0.1) is 0 Å². The summed E-state index contributed by atoms with van der Waals surface area (Å²) in [4.78, 5) is 16.4. The number of halogens is 4. The van der Waals surface area contributed by atoms with Crippen molar-refractivity contribution in [1.82, 2.24) is 15.2 Å². The van der Waals surface area contributed by atoms with Gasteiger partial charge in [-0.3, -0.25) is 14.9 Å². The fourth-order valence-corrected chi connectivity index (χ4v) is 2.87. The largest absolute Gasteiger partial charge is 0.416 e. The molecule has 29 heavy (non-hydrogen) atoms. The number of carbonyl (C=O) groups is 1. The number of H-pyrrole nitrogens is 1. The van der Waals surface area contributed by atoms with E-state index in [1.54, 1.807) is 18.2 Å². The molecule has 0 spiro atoms. The summed E-state index contributed by atoms with van der Waals surface area (Å²) in [6.07, 6.45) is -1.88. The number of fused-ring (bicyclic) bond motifs is 1. The van der Waals surface area contributed by atoms with E-state index in [9.17, 15) is 22.4 Å². The van der Waals surface area contributed by atoms with Crippen LogP contribution in [-0.4, -0.2) is 21.1 Å². The molecule has 9 heteroatoms. The van der Waals surface area contributed by atoms with Crippen LogP contribution in [0, 0.1) is 5.82 Å². The number of alkyl halides is 3. The van der Waals surface area contributed by atoms with Crippen LogP contribution in [0.25, 0.3) is 22.0 Å². The molecular formula is C20H12F4N4O. The Hall–Kier alpha value is -3.75. The van der Waals surface area contributed by atoms with Crippen molar-refractivity contribution in [3.8, 4) is 11.1 Å². The monoisotopic (exact) mass is 400 g/mol. The SMILES string of the molecule is O=C(Nc1ccc(C(F)(F)F)cc1)c1n[nH]c2ccc(-c3cncc(F)c3)cc12. The number of rotatable bonds is 3. The zero-order chi connectivity index (χ0) is 20.6.